The second-order valence-corrected chi connectivity index (χ2v) is 6.69. The number of ether oxygens (including phenoxy) is 1. The van der Waals surface area contributed by atoms with E-state index < -0.39 is 0 Å². The Labute approximate surface area is 166 Å². The maximum absolute atomic E-state index is 6.99. The molecule has 2 aromatic heterocycles. The highest BCUT2D eigenvalue weighted by molar-refractivity contribution is 5.67. The van der Waals surface area contributed by atoms with Crippen LogP contribution in [-0.4, -0.2) is 36.2 Å². The lowest BCUT2D eigenvalue weighted by Crippen LogP contribution is -2.24. The van der Waals surface area contributed by atoms with E-state index >= 15 is 0 Å². The molecule has 0 saturated carbocycles. The Hall–Kier alpha value is -3.01. The number of nitrogens with one attached hydrogen (secondary N) is 2. The molecule has 1 fully saturated rings. The van der Waals surface area contributed by atoms with Crippen LogP contribution in [0.2, 0.25) is 0 Å². The first-order valence-corrected chi connectivity index (χ1v) is 9.44. The lowest BCUT2D eigenvalue weighted by atomic mass is 10.1. The molecule has 0 radical (unpaired) electrons. The van der Waals surface area contributed by atoms with E-state index in [0.717, 1.165) is 42.5 Å². The van der Waals surface area contributed by atoms with Crippen LogP contribution in [0.5, 0.6) is 5.75 Å². The van der Waals surface area contributed by atoms with Crippen molar-refractivity contribution in [3.05, 3.63) is 71.6 Å². The number of hydrogen-bond acceptors (Lipinski definition) is 5. The third-order valence-electron chi connectivity index (χ3n) is 4.47. The Morgan fingerprint density at radius 1 is 1.32 bits per heavy atom. The van der Waals surface area contributed by atoms with Crippen molar-refractivity contribution in [1.29, 1.82) is 0 Å². The van der Waals surface area contributed by atoms with Crippen molar-refractivity contribution in [3.63, 3.8) is 0 Å². The van der Waals surface area contributed by atoms with E-state index in [1.165, 1.54) is 6.42 Å². The van der Waals surface area contributed by atoms with Crippen molar-refractivity contribution in [1.82, 2.24) is 20.6 Å². The number of hydrogen-bond donors (Lipinski definition) is 2. The van der Waals surface area contributed by atoms with Crippen LogP contribution >= 0.6 is 0 Å². The summed E-state index contributed by atoms with van der Waals surface area (Å²) in [4.78, 5) is 12.3. The molecular formula is C22H25N5O. The minimum Gasteiger partial charge on any atom is -0.489 e. The summed E-state index contributed by atoms with van der Waals surface area (Å²) in [7, 11) is 0. The number of pyridine rings is 2. The summed E-state index contributed by atoms with van der Waals surface area (Å²) in [5, 5.41) is 6.88. The molecule has 144 valence electrons. The zero-order chi connectivity index (χ0) is 19.6. The quantitative estimate of drug-likeness (QED) is 0.519. The van der Waals surface area contributed by atoms with Crippen LogP contribution in [0.15, 0.2) is 43.1 Å². The molecule has 1 aliphatic rings. The molecule has 1 atom stereocenters. The molecule has 0 spiro atoms. The van der Waals surface area contributed by atoms with Crippen molar-refractivity contribution >= 4 is 17.8 Å². The van der Waals surface area contributed by atoms with Gasteiger partial charge in [-0.05, 0) is 50.2 Å². The second-order valence-electron chi connectivity index (χ2n) is 6.69. The normalized spacial score (nSPS) is 16.2. The summed E-state index contributed by atoms with van der Waals surface area (Å²) in [6.07, 6.45) is 8.30. The van der Waals surface area contributed by atoms with Crippen LogP contribution < -0.4 is 15.4 Å². The lowest BCUT2D eigenvalue weighted by Gasteiger charge is -2.11. The summed E-state index contributed by atoms with van der Waals surface area (Å²) in [6, 6.07) is 7.44. The fourth-order valence-electron chi connectivity index (χ4n) is 3.02. The molecule has 0 aliphatic carbocycles. The van der Waals surface area contributed by atoms with Crippen LogP contribution in [0.1, 0.15) is 23.5 Å². The molecule has 1 unspecified atom stereocenters. The van der Waals surface area contributed by atoms with Gasteiger partial charge < -0.3 is 15.4 Å². The van der Waals surface area contributed by atoms with Crippen molar-refractivity contribution in [2.75, 3.05) is 26.2 Å². The number of rotatable bonds is 9. The van der Waals surface area contributed by atoms with Gasteiger partial charge in [0.25, 0.3) is 0 Å². The second kappa shape index (κ2) is 10.4. The van der Waals surface area contributed by atoms with Gasteiger partial charge in [-0.1, -0.05) is 18.7 Å². The predicted octanol–water partition coefficient (Wildman–Crippen LogP) is 3.46. The SMILES string of the molecule is [C-]#[N+]c1ccc(/C=C/c2cc(OCC=C)cc(CNCC3CCNC3)n2)nc1. The summed E-state index contributed by atoms with van der Waals surface area (Å²) < 4.78 is 5.72. The minimum atomic E-state index is 0.452. The van der Waals surface area contributed by atoms with Crippen LogP contribution in [0, 0.1) is 12.5 Å². The molecule has 3 heterocycles. The molecule has 2 aromatic rings. The maximum atomic E-state index is 6.99. The highest BCUT2D eigenvalue weighted by Crippen LogP contribution is 2.17. The zero-order valence-corrected chi connectivity index (χ0v) is 15.9. The van der Waals surface area contributed by atoms with Crippen LogP contribution in [0.25, 0.3) is 17.0 Å². The van der Waals surface area contributed by atoms with Gasteiger partial charge in [0.1, 0.15) is 12.4 Å². The highest BCUT2D eigenvalue weighted by atomic mass is 16.5. The van der Waals surface area contributed by atoms with Gasteiger partial charge in [-0.25, -0.2) is 4.85 Å². The van der Waals surface area contributed by atoms with E-state index in [1.807, 2.05) is 30.4 Å². The molecule has 1 saturated heterocycles. The summed E-state index contributed by atoms with van der Waals surface area (Å²) in [6.45, 7) is 15.0. The van der Waals surface area contributed by atoms with Gasteiger partial charge in [-0.15, -0.1) is 0 Å². The first-order valence-electron chi connectivity index (χ1n) is 9.44. The molecular weight excluding hydrogens is 350 g/mol. The van der Waals surface area contributed by atoms with E-state index in [9.17, 15) is 0 Å². The van der Waals surface area contributed by atoms with Gasteiger partial charge in [0, 0.05) is 24.9 Å². The smallest absolute Gasteiger partial charge is 0.205 e. The van der Waals surface area contributed by atoms with Gasteiger partial charge in [0.15, 0.2) is 0 Å². The van der Waals surface area contributed by atoms with E-state index in [0.29, 0.717) is 24.8 Å². The Balaban J connectivity index is 1.69. The zero-order valence-electron chi connectivity index (χ0n) is 15.9. The molecule has 6 nitrogen and oxygen atoms in total. The highest BCUT2D eigenvalue weighted by Gasteiger charge is 2.13. The topological polar surface area (TPSA) is 63.4 Å². The molecule has 28 heavy (non-hydrogen) atoms. The Morgan fingerprint density at radius 3 is 2.93 bits per heavy atom. The van der Waals surface area contributed by atoms with Crippen molar-refractivity contribution in [2.45, 2.75) is 13.0 Å². The van der Waals surface area contributed by atoms with Gasteiger partial charge in [0.2, 0.25) is 5.69 Å². The summed E-state index contributed by atoms with van der Waals surface area (Å²) in [5.41, 5.74) is 3.04. The lowest BCUT2D eigenvalue weighted by molar-refractivity contribution is 0.362. The van der Waals surface area contributed by atoms with Crippen LogP contribution in [-0.2, 0) is 6.54 Å². The Kier molecular flexibility index (Phi) is 7.30. The van der Waals surface area contributed by atoms with Gasteiger partial charge in [-0.2, -0.15) is 0 Å². The molecule has 0 amide bonds. The van der Waals surface area contributed by atoms with E-state index in [4.69, 9.17) is 16.3 Å². The Bertz CT molecular complexity index is 848. The van der Waals surface area contributed by atoms with Crippen LogP contribution in [0.4, 0.5) is 5.69 Å². The minimum absolute atomic E-state index is 0.452. The molecule has 2 N–H and O–H groups in total. The summed E-state index contributed by atoms with van der Waals surface area (Å²) in [5.74, 6) is 1.45. The van der Waals surface area contributed by atoms with Gasteiger partial charge >= 0.3 is 0 Å². The average molecular weight is 375 g/mol. The van der Waals surface area contributed by atoms with Crippen LogP contribution in [0.3, 0.4) is 0 Å². The maximum Gasteiger partial charge on any atom is 0.205 e. The predicted molar refractivity (Wildman–Crippen MR) is 112 cm³/mol. The molecule has 3 rings (SSSR count). The van der Waals surface area contributed by atoms with Gasteiger partial charge in [-0.3, -0.25) is 9.97 Å². The number of aromatic nitrogens is 2. The average Bonchev–Trinajstić information content (AvgIpc) is 3.24. The third-order valence-corrected chi connectivity index (χ3v) is 4.47. The van der Waals surface area contributed by atoms with Crippen molar-refractivity contribution < 1.29 is 4.74 Å². The fraction of sp³-hybridized carbons (Fsp3) is 0.318. The van der Waals surface area contributed by atoms with E-state index in [1.54, 1.807) is 18.3 Å². The standard InChI is InChI=1S/C22H25N5O/c1-3-10-28-22-11-19(6-4-18-5-7-20(23-2)16-26-18)27-21(12-22)15-25-14-17-8-9-24-13-17/h3-7,11-12,16-17,24-25H,1,8-10,13-15H2/b6-4+. The summed E-state index contributed by atoms with van der Waals surface area (Å²) >= 11 is 0. The van der Waals surface area contributed by atoms with Crippen molar-refractivity contribution in [2.24, 2.45) is 5.92 Å². The molecule has 0 aromatic carbocycles. The van der Waals surface area contributed by atoms with E-state index in [2.05, 4.69) is 27.0 Å². The third kappa shape index (κ3) is 6.02. The largest absolute Gasteiger partial charge is 0.489 e. The molecule has 1 aliphatic heterocycles. The number of nitrogens with zero attached hydrogens (tertiary/aromatic N) is 3. The monoisotopic (exact) mass is 375 g/mol. The molecule has 6 heteroatoms. The fourth-order valence-corrected chi connectivity index (χ4v) is 3.02. The first-order chi connectivity index (χ1) is 13.8. The van der Waals surface area contributed by atoms with Crippen molar-refractivity contribution in [3.8, 4) is 5.75 Å². The van der Waals surface area contributed by atoms with E-state index in [-0.39, 0.29) is 0 Å². The Morgan fingerprint density at radius 2 is 2.21 bits per heavy atom. The van der Waals surface area contributed by atoms with Gasteiger partial charge in [0.05, 0.1) is 23.7 Å². The molecule has 0 bridgehead atoms. The first kappa shape index (κ1) is 19.7.